The first kappa shape index (κ1) is 110. The molecule has 7 aromatic rings. The number of nitrogens with zero attached hydrogens (tertiary/aromatic N) is 4. The van der Waals surface area contributed by atoms with Gasteiger partial charge in [0.1, 0.15) is 24.3 Å². The van der Waals surface area contributed by atoms with Crippen LogP contribution in [0.15, 0.2) is 266 Å². The molecule has 726 valence electrons. The summed E-state index contributed by atoms with van der Waals surface area (Å²) in [7, 11) is -2.30. The number of thioether (sulfide) groups is 3. The first-order chi connectivity index (χ1) is 65.1. The van der Waals surface area contributed by atoms with Gasteiger partial charge in [-0.25, -0.2) is 27.6 Å². The van der Waals surface area contributed by atoms with Gasteiger partial charge in [-0.2, -0.15) is 13.8 Å². The lowest BCUT2D eigenvalue weighted by Crippen LogP contribution is -2.42. The molecular weight excluding hydrogens is 1860 g/mol. The number of benzene rings is 5. The van der Waals surface area contributed by atoms with Crippen LogP contribution in [0.4, 0.5) is 14.6 Å². The fraction of sp³-hybridized carbons (Fsp3) is 0.382. The molecule has 0 radical (unpaired) electrons. The average molecular weight is 1980 g/mol. The van der Waals surface area contributed by atoms with Crippen molar-refractivity contribution in [2.75, 3.05) is 60.4 Å². The number of hydrogen-bond donors (Lipinski definition) is 3. The average Bonchev–Trinajstić information content (AvgIpc) is 1.63. The molecule has 3 N–H and O–H groups in total. The zero-order valence-corrected chi connectivity index (χ0v) is 83.4. The molecule has 3 atom stereocenters. The second-order valence-electron chi connectivity index (χ2n) is 32.7. The number of rotatable bonds is 52. The Bertz CT molecular complexity index is 5710. The highest BCUT2D eigenvalue weighted by molar-refractivity contribution is 8.76. The third-order valence-electron chi connectivity index (χ3n) is 20.6. The van der Waals surface area contributed by atoms with Crippen LogP contribution in [0.25, 0.3) is 0 Å². The second-order valence-corrected chi connectivity index (χ2v) is 40.3. The fourth-order valence-electron chi connectivity index (χ4n) is 13.0. The summed E-state index contributed by atoms with van der Waals surface area (Å²) in [6.45, 7) is 23.3. The van der Waals surface area contributed by atoms with Gasteiger partial charge in [0, 0.05) is 62.4 Å². The molecule has 26 nitrogen and oxygen atoms in total. The van der Waals surface area contributed by atoms with Gasteiger partial charge in [-0.15, -0.1) is 35.3 Å². The topological polar surface area (TPSA) is 350 Å². The minimum absolute atomic E-state index is 0.0631. The Labute approximate surface area is 814 Å². The van der Waals surface area contributed by atoms with Crippen molar-refractivity contribution in [2.24, 2.45) is 0 Å². The highest BCUT2D eigenvalue weighted by atomic mass is 33.1. The Morgan fingerprint density at radius 2 is 1.01 bits per heavy atom. The summed E-state index contributed by atoms with van der Waals surface area (Å²) in [4.78, 5) is 116. The molecule has 0 spiro atoms. The highest BCUT2D eigenvalue weighted by Crippen LogP contribution is 2.45. The Morgan fingerprint density at radius 1 is 0.559 bits per heavy atom. The van der Waals surface area contributed by atoms with Gasteiger partial charge < -0.3 is 54.1 Å². The molecule has 0 bridgehead atoms. The number of hydrogen-bond acceptors (Lipinski definition) is 27. The monoisotopic (exact) mass is 1980 g/mol. The smallest absolute Gasteiger partial charge is 0.415 e. The zero-order chi connectivity index (χ0) is 98.7. The summed E-state index contributed by atoms with van der Waals surface area (Å²) < 4.78 is 102. The quantitative estimate of drug-likeness (QED) is 0.00466. The van der Waals surface area contributed by atoms with Crippen LogP contribution < -0.4 is 40.2 Å². The zero-order valence-electron chi connectivity index (χ0n) is 78.5. The number of esters is 5. The van der Waals surface area contributed by atoms with Crippen LogP contribution in [0, 0.1) is 17.0 Å². The van der Waals surface area contributed by atoms with Crippen molar-refractivity contribution in [2.45, 2.75) is 222 Å². The van der Waals surface area contributed by atoms with Crippen molar-refractivity contribution in [1.29, 1.82) is 0 Å². The lowest BCUT2D eigenvalue weighted by Gasteiger charge is -2.21. The number of halogens is 2. The van der Waals surface area contributed by atoms with Gasteiger partial charge in [0.05, 0.1) is 33.2 Å². The van der Waals surface area contributed by atoms with Crippen LogP contribution in [-0.2, 0) is 38.4 Å². The van der Waals surface area contributed by atoms with E-state index >= 15 is 23.2 Å². The van der Waals surface area contributed by atoms with Crippen LogP contribution >= 0.6 is 56.9 Å². The number of amides is 2. The van der Waals surface area contributed by atoms with E-state index in [-0.39, 0.29) is 50.1 Å². The Morgan fingerprint density at radius 3 is 1.49 bits per heavy atom. The number of aliphatic hydroxyl groups excluding tert-OH is 1. The van der Waals surface area contributed by atoms with Crippen molar-refractivity contribution >= 4 is 114 Å². The first-order valence-electron chi connectivity index (χ1n) is 44.3. The number of carbonyl (C=O) groups is 7. The van der Waals surface area contributed by atoms with E-state index in [2.05, 4.69) is 175 Å². The predicted octanol–water partition coefficient (Wildman–Crippen LogP) is 21.5. The van der Waals surface area contributed by atoms with E-state index < -0.39 is 148 Å². The molecule has 8 rings (SSSR count). The van der Waals surface area contributed by atoms with Gasteiger partial charge in [-0.3, -0.25) is 28.4 Å². The molecule has 2 amide bonds. The molecule has 5 aromatic carbocycles. The molecule has 0 saturated carbocycles. The van der Waals surface area contributed by atoms with Crippen LogP contribution in [0.1, 0.15) is 221 Å². The van der Waals surface area contributed by atoms with Gasteiger partial charge in [-0.1, -0.05) is 193 Å². The molecule has 136 heavy (non-hydrogen) atoms. The maximum absolute atomic E-state index is 15.8. The number of ether oxygens (including phenoxy) is 7. The Kier molecular flexibility index (Phi) is 46.1. The van der Waals surface area contributed by atoms with E-state index in [1.165, 1.54) is 122 Å². The van der Waals surface area contributed by atoms with Crippen molar-refractivity contribution in [3.63, 3.8) is 0 Å². The minimum Gasteiger partial charge on any atom is -0.462 e. The number of alkyl halides is 2. The molecule has 1 aliphatic rings. The lowest BCUT2D eigenvalue weighted by atomic mass is 10.1. The van der Waals surface area contributed by atoms with Crippen molar-refractivity contribution in [3.05, 3.63) is 270 Å². The molecular formula is C102H118F2N6O20S6. The summed E-state index contributed by atoms with van der Waals surface area (Å²) in [5.41, 5.74) is 10.2. The summed E-state index contributed by atoms with van der Waals surface area (Å²) in [6, 6.07) is 31.0. The first-order valence-corrected chi connectivity index (χ1v) is 51.3. The van der Waals surface area contributed by atoms with E-state index in [9.17, 15) is 42.7 Å². The number of allylic oxidation sites excluding steroid dienone is 15. The maximum Gasteiger partial charge on any atom is 0.415 e. The standard InChI is InChI=1S/C102H118F2N6O20S6/c1-68(2)30-24-33-71(7)36-27-39-74(10)53-60-131-85-47-19-16-44-79(85)97(116)126-82-64-77(65-83(127-98(117)80-45-17-20-48-86(80)132-61-54-75(11)40-28-37-72(8)34-25-31-69(3)4)92(82)129-99(118)81-46-18-21-49-87(81)133-62-55-76(12)41-29-38-73(9)35-26-32-70(5)6)94(115)105-56-63-134-135-67-91(113)125-66-84-93(114)102(103,104)100(128-84)109-57-52-88(107-101(109)119)106-89(111)50-51-90(112)123-58-22-23-59-124-95-96(110(120)130-108-95)136(121,122)78-42-14-13-15-43-78/h13-21,30-32,36-38,42-49,52-55,57,64-65,84,93,100,114H,24-29,33-35,39-41,50-51,56,58-63,66-67H2,1-12H3,(H,105,115)(H,106,107,111,119)/b71-36+,72-37+,73-38+,74-53+,75-54+,76-55+. The number of aromatic nitrogens is 4. The van der Waals surface area contributed by atoms with Crippen LogP contribution in [0.3, 0.4) is 0 Å². The molecule has 1 fully saturated rings. The number of aliphatic hydroxyl groups is 1. The summed E-state index contributed by atoms with van der Waals surface area (Å²) in [5, 5.41) is 30.4. The third-order valence-corrected chi connectivity index (χ3v) is 27.5. The van der Waals surface area contributed by atoms with Gasteiger partial charge in [0.2, 0.25) is 17.9 Å². The molecule has 3 unspecified atom stereocenters. The van der Waals surface area contributed by atoms with Gasteiger partial charge in [-0.05, 0) is 232 Å². The fourth-order valence-corrected chi connectivity index (χ4v) is 19.1. The predicted molar refractivity (Wildman–Crippen MR) is 530 cm³/mol. The van der Waals surface area contributed by atoms with Crippen LogP contribution in [0.5, 0.6) is 23.1 Å². The number of carbonyl (C=O) groups excluding carboxylic acids is 7. The summed E-state index contributed by atoms with van der Waals surface area (Å²) >= 11 is 4.23. The largest absolute Gasteiger partial charge is 0.462 e. The number of nitrogens with one attached hydrogen (secondary N) is 2. The number of sulfone groups is 1. The van der Waals surface area contributed by atoms with Crippen molar-refractivity contribution in [1.82, 2.24) is 20.0 Å². The molecule has 3 heterocycles. The summed E-state index contributed by atoms with van der Waals surface area (Å²) in [5.74, 6) is -6.49. The van der Waals surface area contributed by atoms with E-state index in [0.29, 0.717) is 36.5 Å². The SMILES string of the molecule is CC(C)=CCC/C(C)=C/CC/C(C)=C/CSc1ccccc1C(=O)Oc1cc(C(=O)NCCSSCC(=O)OCC2OC(n3ccc(NC(=O)CCC(=O)OCC#CCOc4no[n+]([O-])c4S(=O)(=O)c4ccccc4)nc3=O)C(F)(F)C2O)cc(OC(=O)c2ccccc2SC/C=C(\C)CC/C=C(\C)CCC=C(C)C)c1OC(=O)c1ccccc1SC/C=C(\C)CC/C=C(\C)CCC=C(C)C. The van der Waals surface area contributed by atoms with E-state index in [0.717, 1.165) is 111 Å². The molecule has 1 aliphatic heterocycles. The van der Waals surface area contributed by atoms with Crippen molar-refractivity contribution in [3.8, 4) is 35.0 Å². The Hall–Kier alpha value is -11.3. The third kappa shape index (κ3) is 37.0. The second kappa shape index (κ2) is 57.0. The molecule has 1 saturated heterocycles. The summed E-state index contributed by atoms with van der Waals surface area (Å²) in [6.07, 6.45) is 23.9. The maximum atomic E-state index is 15.8. The Balaban J connectivity index is 0.942. The molecule has 2 aromatic heterocycles. The van der Waals surface area contributed by atoms with Gasteiger partial charge >= 0.3 is 52.4 Å². The van der Waals surface area contributed by atoms with Crippen molar-refractivity contribution < 1.29 is 98.6 Å². The number of anilines is 1. The van der Waals surface area contributed by atoms with E-state index in [4.69, 9.17) is 33.2 Å². The van der Waals surface area contributed by atoms with Gasteiger partial charge in [0.25, 0.3) is 15.7 Å². The van der Waals surface area contributed by atoms with Gasteiger partial charge in [0.15, 0.2) is 30.8 Å². The van der Waals surface area contributed by atoms with Crippen LogP contribution in [-0.4, -0.2) is 143 Å². The minimum atomic E-state index is -4.39. The lowest BCUT2D eigenvalue weighted by molar-refractivity contribution is -0.832. The molecule has 34 heteroatoms. The van der Waals surface area contributed by atoms with Crippen LogP contribution in [0.2, 0.25) is 0 Å². The highest BCUT2D eigenvalue weighted by Gasteiger charge is 2.60. The van der Waals surface area contributed by atoms with E-state index in [1.807, 2.05) is 0 Å². The molecule has 0 aliphatic carbocycles. The van der Waals surface area contributed by atoms with E-state index in [1.54, 1.807) is 78.9 Å². The normalized spacial score (nSPS) is 14.6.